The quantitative estimate of drug-likeness (QED) is 0.612. The standard InChI is InChI=1S/C26H31N5O3/c1-26(2,3)34-25(33)30-15-12-19(13-16-30)23-22(18-29-31(23)21-10-5-4-6-11-21)24(32)28-17-20-9-7-8-14-27-20/h4-11,14,18-19H,12-13,15-17H2,1-3H3,(H,28,32). The molecule has 3 aromatic rings. The lowest BCUT2D eigenvalue weighted by Crippen LogP contribution is -2.41. The SMILES string of the molecule is CC(C)(C)OC(=O)N1CCC(c2c(C(=O)NCc3ccccn3)cnn2-c2ccccc2)CC1. The maximum atomic E-state index is 13.2. The third-order valence-corrected chi connectivity index (χ3v) is 5.74. The summed E-state index contributed by atoms with van der Waals surface area (Å²) >= 11 is 0. The van der Waals surface area contributed by atoms with Crippen LogP contribution in [0.25, 0.3) is 5.69 Å². The van der Waals surface area contributed by atoms with Gasteiger partial charge in [-0.3, -0.25) is 9.78 Å². The first-order valence-corrected chi connectivity index (χ1v) is 11.6. The highest BCUT2D eigenvalue weighted by Gasteiger charge is 2.32. The second-order valence-corrected chi connectivity index (χ2v) is 9.44. The summed E-state index contributed by atoms with van der Waals surface area (Å²) in [6, 6.07) is 15.4. The van der Waals surface area contributed by atoms with Gasteiger partial charge in [-0.05, 0) is 57.9 Å². The van der Waals surface area contributed by atoms with Crippen molar-refractivity contribution < 1.29 is 14.3 Å². The maximum absolute atomic E-state index is 13.2. The Bertz CT molecular complexity index is 1110. The van der Waals surface area contributed by atoms with Gasteiger partial charge in [0.2, 0.25) is 0 Å². The summed E-state index contributed by atoms with van der Waals surface area (Å²) in [6.07, 6.45) is 4.49. The number of nitrogens with zero attached hydrogens (tertiary/aromatic N) is 4. The molecule has 4 rings (SSSR count). The highest BCUT2D eigenvalue weighted by molar-refractivity contribution is 5.95. The number of amides is 2. The second kappa shape index (κ2) is 10.1. The van der Waals surface area contributed by atoms with Crippen LogP contribution in [0.5, 0.6) is 0 Å². The normalized spacial score (nSPS) is 14.6. The van der Waals surface area contributed by atoms with Crippen LogP contribution in [0.15, 0.2) is 60.9 Å². The third-order valence-electron chi connectivity index (χ3n) is 5.74. The summed E-state index contributed by atoms with van der Waals surface area (Å²) in [6.45, 7) is 7.07. The average molecular weight is 462 g/mol. The molecule has 8 nitrogen and oxygen atoms in total. The van der Waals surface area contributed by atoms with Crippen molar-refractivity contribution in [1.82, 2.24) is 25.0 Å². The minimum absolute atomic E-state index is 0.0805. The molecule has 8 heteroatoms. The van der Waals surface area contributed by atoms with Crippen molar-refractivity contribution in [3.05, 3.63) is 77.9 Å². The number of hydrogen-bond acceptors (Lipinski definition) is 5. The fourth-order valence-corrected chi connectivity index (χ4v) is 4.13. The molecular formula is C26H31N5O3. The van der Waals surface area contributed by atoms with E-state index in [2.05, 4.69) is 15.4 Å². The molecule has 0 spiro atoms. The van der Waals surface area contributed by atoms with Gasteiger partial charge in [-0.15, -0.1) is 0 Å². The predicted molar refractivity (Wildman–Crippen MR) is 129 cm³/mol. The van der Waals surface area contributed by atoms with Crippen molar-refractivity contribution in [3.63, 3.8) is 0 Å². The lowest BCUT2D eigenvalue weighted by atomic mass is 9.91. The number of hydrogen-bond donors (Lipinski definition) is 1. The highest BCUT2D eigenvalue weighted by atomic mass is 16.6. The number of aromatic nitrogens is 3. The van der Waals surface area contributed by atoms with Gasteiger partial charge in [0.25, 0.3) is 5.91 Å². The molecule has 34 heavy (non-hydrogen) atoms. The van der Waals surface area contributed by atoms with Crippen molar-refractivity contribution in [2.45, 2.75) is 51.7 Å². The number of nitrogens with one attached hydrogen (secondary N) is 1. The summed E-state index contributed by atoms with van der Waals surface area (Å²) in [5, 5.41) is 7.55. The van der Waals surface area contributed by atoms with Crippen molar-refractivity contribution in [3.8, 4) is 5.69 Å². The zero-order valence-corrected chi connectivity index (χ0v) is 19.9. The van der Waals surface area contributed by atoms with Crippen LogP contribution in [0.2, 0.25) is 0 Å². The summed E-state index contributed by atoms with van der Waals surface area (Å²) in [5.74, 6) is -0.102. The molecule has 0 atom stereocenters. The molecule has 1 aliphatic rings. The molecule has 0 saturated carbocycles. The number of piperidine rings is 1. The number of ether oxygens (including phenoxy) is 1. The van der Waals surface area contributed by atoms with Gasteiger partial charge < -0.3 is 15.0 Å². The summed E-state index contributed by atoms with van der Waals surface area (Å²) in [7, 11) is 0. The number of carbonyl (C=O) groups excluding carboxylic acids is 2. The van der Waals surface area contributed by atoms with Crippen molar-refractivity contribution in [2.24, 2.45) is 0 Å². The van der Waals surface area contributed by atoms with Crippen LogP contribution < -0.4 is 5.32 Å². The van der Waals surface area contributed by atoms with Crippen molar-refractivity contribution in [2.75, 3.05) is 13.1 Å². The van der Waals surface area contributed by atoms with E-state index < -0.39 is 5.60 Å². The molecule has 1 aliphatic heterocycles. The van der Waals surface area contributed by atoms with Gasteiger partial charge in [0.05, 0.1) is 35.4 Å². The van der Waals surface area contributed by atoms with Crippen molar-refractivity contribution >= 4 is 12.0 Å². The molecule has 0 bridgehead atoms. The topological polar surface area (TPSA) is 89.3 Å². The van der Waals surface area contributed by atoms with Gasteiger partial charge in [0, 0.05) is 25.2 Å². The van der Waals surface area contributed by atoms with E-state index in [1.54, 1.807) is 17.3 Å². The first-order chi connectivity index (χ1) is 16.3. The third kappa shape index (κ3) is 5.62. The van der Waals surface area contributed by atoms with Crippen LogP contribution in [0, 0.1) is 0 Å². The minimum atomic E-state index is -0.529. The Labute approximate surface area is 199 Å². The Morgan fingerprint density at radius 1 is 1.06 bits per heavy atom. The fraction of sp³-hybridized carbons (Fsp3) is 0.385. The van der Waals surface area contributed by atoms with E-state index in [0.29, 0.717) is 25.2 Å². The molecule has 0 radical (unpaired) electrons. The van der Waals surface area contributed by atoms with Crippen LogP contribution >= 0.6 is 0 Å². The molecule has 1 saturated heterocycles. The highest BCUT2D eigenvalue weighted by Crippen LogP contribution is 2.32. The van der Waals surface area contributed by atoms with E-state index in [1.165, 1.54) is 0 Å². The smallest absolute Gasteiger partial charge is 0.410 e. The molecule has 0 unspecified atom stereocenters. The van der Waals surface area contributed by atoms with Crippen LogP contribution in [0.1, 0.15) is 61.3 Å². The van der Waals surface area contributed by atoms with Gasteiger partial charge in [0.15, 0.2) is 0 Å². The molecule has 0 aliphatic carbocycles. The van der Waals surface area contributed by atoms with Crippen molar-refractivity contribution in [1.29, 1.82) is 0 Å². The summed E-state index contributed by atoms with van der Waals surface area (Å²) in [5.41, 5.74) is 2.58. The van der Waals surface area contributed by atoms with Gasteiger partial charge in [-0.25, -0.2) is 9.48 Å². The zero-order valence-electron chi connectivity index (χ0n) is 19.9. The molecule has 3 heterocycles. The number of pyridine rings is 1. The molecule has 2 aromatic heterocycles. The lowest BCUT2D eigenvalue weighted by molar-refractivity contribution is 0.0203. The second-order valence-electron chi connectivity index (χ2n) is 9.44. The average Bonchev–Trinajstić information content (AvgIpc) is 3.28. The Balaban J connectivity index is 1.55. The van der Waals surface area contributed by atoms with Crippen LogP contribution in [0.3, 0.4) is 0 Å². The largest absolute Gasteiger partial charge is 0.444 e. The van der Waals surface area contributed by atoms with Gasteiger partial charge in [-0.2, -0.15) is 5.10 Å². The molecular weight excluding hydrogens is 430 g/mol. The molecule has 1 aromatic carbocycles. The zero-order chi connectivity index (χ0) is 24.1. The first-order valence-electron chi connectivity index (χ1n) is 11.6. The number of para-hydroxylation sites is 1. The fourth-order valence-electron chi connectivity index (χ4n) is 4.13. The van der Waals surface area contributed by atoms with E-state index >= 15 is 0 Å². The molecule has 178 valence electrons. The Morgan fingerprint density at radius 2 is 1.76 bits per heavy atom. The monoisotopic (exact) mass is 461 g/mol. The van der Waals surface area contributed by atoms with E-state index in [-0.39, 0.29) is 17.9 Å². The van der Waals surface area contributed by atoms with E-state index in [1.807, 2.05) is 74.0 Å². The number of benzene rings is 1. The number of rotatable bonds is 5. The van der Waals surface area contributed by atoms with Gasteiger partial charge >= 0.3 is 6.09 Å². The summed E-state index contributed by atoms with van der Waals surface area (Å²) < 4.78 is 7.38. The van der Waals surface area contributed by atoms with Gasteiger partial charge in [-0.1, -0.05) is 24.3 Å². The number of carbonyl (C=O) groups is 2. The molecule has 2 amide bonds. The predicted octanol–water partition coefficient (Wildman–Crippen LogP) is 4.31. The Hall–Kier alpha value is -3.68. The Kier molecular flexibility index (Phi) is 6.95. The van der Waals surface area contributed by atoms with Crippen LogP contribution in [0.4, 0.5) is 4.79 Å². The van der Waals surface area contributed by atoms with Crippen LogP contribution in [-0.4, -0.2) is 50.4 Å². The van der Waals surface area contributed by atoms with Gasteiger partial charge in [0.1, 0.15) is 5.60 Å². The maximum Gasteiger partial charge on any atom is 0.410 e. The van der Waals surface area contributed by atoms with E-state index in [4.69, 9.17) is 4.74 Å². The Morgan fingerprint density at radius 3 is 2.41 bits per heavy atom. The molecule has 1 fully saturated rings. The first kappa shape index (κ1) is 23.5. The molecule has 1 N–H and O–H groups in total. The minimum Gasteiger partial charge on any atom is -0.444 e. The van der Waals surface area contributed by atoms with Crippen LogP contribution in [-0.2, 0) is 11.3 Å². The van der Waals surface area contributed by atoms with E-state index in [9.17, 15) is 9.59 Å². The lowest BCUT2D eigenvalue weighted by Gasteiger charge is -2.34. The summed E-state index contributed by atoms with van der Waals surface area (Å²) in [4.78, 5) is 31.7. The number of likely N-dealkylation sites (tertiary alicyclic amines) is 1. The van der Waals surface area contributed by atoms with E-state index in [0.717, 1.165) is 29.9 Å².